The van der Waals surface area contributed by atoms with E-state index in [4.69, 9.17) is 9.57 Å². The van der Waals surface area contributed by atoms with Gasteiger partial charge in [-0.1, -0.05) is 0 Å². The summed E-state index contributed by atoms with van der Waals surface area (Å²) in [5, 5.41) is 0. The minimum Gasteiger partial charge on any atom is -0.378 e. The Morgan fingerprint density at radius 1 is 1.40 bits per heavy atom. The third-order valence-corrected chi connectivity index (χ3v) is 2.36. The number of ether oxygens (including phenoxy) is 1. The summed E-state index contributed by atoms with van der Waals surface area (Å²) in [5.41, 5.74) is 2.66. The fourth-order valence-corrected chi connectivity index (χ4v) is 1.58. The van der Waals surface area contributed by atoms with Crippen LogP contribution in [0.15, 0.2) is 18.3 Å². The Kier molecular flexibility index (Phi) is 3.49. The van der Waals surface area contributed by atoms with E-state index in [0.717, 1.165) is 37.8 Å². The summed E-state index contributed by atoms with van der Waals surface area (Å²) in [4.78, 5) is 11.5. The molecule has 2 rings (SSSR count). The largest absolute Gasteiger partial charge is 0.378 e. The van der Waals surface area contributed by atoms with Gasteiger partial charge in [-0.2, -0.15) is 5.48 Å². The lowest BCUT2D eigenvalue weighted by molar-refractivity contribution is -0.830. The van der Waals surface area contributed by atoms with Crippen LogP contribution in [0.2, 0.25) is 0 Å². The van der Waals surface area contributed by atoms with Crippen molar-refractivity contribution < 1.29 is 15.1 Å². The summed E-state index contributed by atoms with van der Waals surface area (Å²) in [7, 11) is 1.63. The van der Waals surface area contributed by atoms with Crippen molar-refractivity contribution in [3.63, 3.8) is 0 Å². The molecule has 2 heterocycles. The summed E-state index contributed by atoms with van der Waals surface area (Å²) in [6.07, 6.45) is 1.81. The topological polar surface area (TPSA) is 51.2 Å². The lowest BCUT2D eigenvalue weighted by Gasteiger charge is -2.27. The molecule has 0 radical (unpaired) electrons. The molecule has 2 N–H and O–H groups in total. The van der Waals surface area contributed by atoms with Crippen molar-refractivity contribution in [3.8, 4) is 0 Å². The Morgan fingerprint density at radius 3 is 2.80 bits per heavy atom. The SMILES string of the molecule is CO[NH2+]c1ccc(N2CCOCC2)nc1. The van der Waals surface area contributed by atoms with E-state index in [9.17, 15) is 0 Å². The van der Waals surface area contributed by atoms with Gasteiger partial charge in [0.2, 0.25) is 0 Å². The number of pyridine rings is 1. The predicted octanol–water partition coefficient (Wildman–Crippen LogP) is -0.325. The van der Waals surface area contributed by atoms with Crippen molar-refractivity contribution in [3.05, 3.63) is 18.3 Å². The minimum atomic E-state index is 0.785. The van der Waals surface area contributed by atoms with Crippen LogP contribution < -0.4 is 10.4 Å². The normalized spacial score (nSPS) is 16.7. The molecule has 0 amide bonds. The second kappa shape index (κ2) is 5.06. The summed E-state index contributed by atoms with van der Waals surface area (Å²) in [6, 6.07) is 4.01. The first-order valence-corrected chi connectivity index (χ1v) is 5.05. The van der Waals surface area contributed by atoms with Crippen LogP contribution >= 0.6 is 0 Å². The molecule has 0 unspecified atom stereocenters. The fraction of sp³-hybridized carbons (Fsp3) is 0.500. The maximum absolute atomic E-state index is 5.29. The molecule has 0 aromatic carbocycles. The molecule has 0 saturated carbocycles. The van der Waals surface area contributed by atoms with E-state index < -0.39 is 0 Å². The summed E-state index contributed by atoms with van der Waals surface area (Å²) >= 11 is 0. The van der Waals surface area contributed by atoms with Crippen molar-refractivity contribution in [2.45, 2.75) is 0 Å². The van der Waals surface area contributed by atoms with Crippen molar-refractivity contribution in [1.29, 1.82) is 0 Å². The van der Waals surface area contributed by atoms with Crippen LogP contribution in [0.25, 0.3) is 0 Å². The van der Waals surface area contributed by atoms with Gasteiger partial charge < -0.3 is 9.64 Å². The molecular weight excluding hydrogens is 194 g/mol. The van der Waals surface area contributed by atoms with Gasteiger partial charge in [0.25, 0.3) is 0 Å². The highest BCUT2D eigenvalue weighted by molar-refractivity contribution is 5.42. The van der Waals surface area contributed by atoms with E-state index in [1.165, 1.54) is 0 Å². The van der Waals surface area contributed by atoms with Crippen LogP contribution in [0.3, 0.4) is 0 Å². The highest BCUT2D eigenvalue weighted by Gasteiger charge is 2.12. The molecule has 1 aliphatic rings. The minimum absolute atomic E-state index is 0.785. The van der Waals surface area contributed by atoms with E-state index in [-0.39, 0.29) is 0 Å². The van der Waals surface area contributed by atoms with E-state index in [1.54, 1.807) is 12.6 Å². The lowest BCUT2D eigenvalue weighted by Crippen LogP contribution is -2.75. The molecule has 15 heavy (non-hydrogen) atoms. The number of nitrogens with two attached hydrogens (primary N) is 1. The molecule has 5 heteroatoms. The summed E-state index contributed by atoms with van der Waals surface area (Å²) in [6.45, 7) is 3.40. The van der Waals surface area contributed by atoms with E-state index in [1.807, 2.05) is 18.3 Å². The number of rotatable bonds is 3. The molecule has 0 atom stereocenters. The Bertz CT molecular complexity index is 296. The van der Waals surface area contributed by atoms with Crippen molar-refractivity contribution in [1.82, 2.24) is 4.98 Å². The van der Waals surface area contributed by atoms with Crippen LogP contribution in [0.1, 0.15) is 0 Å². The summed E-state index contributed by atoms with van der Waals surface area (Å²) < 4.78 is 5.29. The zero-order valence-corrected chi connectivity index (χ0v) is 8.85. The standard InChI is InChI=1S/C10H15N3O2/c1-14-12-9-2-3-10(11-8-9)13-4-6-15-7-5-13/h2-3,8,12H,4-7H2,1H3/p+1. The van der Waals surface area contributed by atoms with E-state index in [0.29, 0.717) is 0 Å². The number of hydrogen-bond acceptors (Lipinski definition) is 4. The molecular formula is C10H16N3O2+. The van der Waals surface area contributed by atoms with E-state index >= 15 is 0 Å². The third-order valence-electron chi connectivity index (χ3n) is 2.36. The Balaban J connectivity index is 2.02. The number of morpholine rings is 1. The molecule has 1 aromatic rings. The van der Waals surface area contributed by atoms with Crippen LogP contribution in [-0.2, 0) is 9.57 Å². The molecule has 1 aliphatic heterocycles. The molecule has 1 fully saturated rings. The number of anilines is 1. The van der Waals surface area contributed by atoms with Gasteiger partial charge in [0, 0.05) is 19.2 Å². The van der Waals surface area contributed by atoms with Gasteiger partial charge in [0.1, 0.15) is 5.82 Å². The molecule has 5 nitrogen and oxygen atoms in total. The fourth-order valence-electron chi connectivity index (χ4n) is 1.58. The molecule has 1 saturated heterocycles. The molecule has 1 aromatic heterocycles. The first-order valence-electron chi connectivity index (χ1n) is 5.05. The maximum atomic E-state index is 5.29. The van der Waals surface area contributed by atoms with Crippen LogP contribution in [0.5, 0.6) is 0 Å². The lowest BCUT2D eigenvalue weighted by atomic mass is 10.3. The van der Waals surface area contributed by atoms with Gasteiger partial charge in [-0.05, 0) is 6.07 Å². The van der Waals surface area contributed by atoms with Gasteiger partial charge in [0.15, 0.2) is 5.69 Å². The maximum Gasteiger partial charge on any atom is 0.180 e. The van der Waals surface area contributed by atoms with E-state index in [2.05, 4.69) is 9.88 Å². The van der Waals surface area contributed by atoms with Gasteiger partial charge in [-0.15, -0.1) is 0 Å². The van der Waals surface area contributed by atoms with Crippen molar-refractivity contribution in [2.75, 3.05) is 38.3 Å². The second-order valence-electron chi connectivity index (χ2n) is 3.40. The molecule has 0 aliphatic carbocycles. The highest BCUT2D eigenvalue weighted by Crippen LogP contribution is 2.12. The van der Waals surface area contributed by atoms with Crippen molar-refractivity contribution in [2.24, 2.45) is 0 Å². The van der Waals surface area contributed by atoms with Gasteiger partial charge in [0.05, 0.1) is 26.5 Å². The molecule has 0 bridgehead atoms. The Morgan fingerprint density at radius 2 is 2.20 bits per heavy atom. The Labute approximate surface area is 89.0 Å². The third kappa shape index (κ3) is 2.65. The summed E-state index contributed by atoms with van der Waals surface area (Å²) in [5.74, 6) is 1.01. The average molecular weight is 210 g/mol. The van der Waals surface area contributed by atoms with Crippen LogP contribution in [-0.4, -0.2) is 38.4 Å². The smallest absolute Gasteiger partial charge is 0.180 e. The Hall–Kier alpha value is -1.17. The van der Waals surface area contributed by atoms with Gasteiger partial charge >= 0.3 is 0 Å². The van der Waals surface area contributed by atoms with Gasteiger partial charge in [-0.3, -0.25) is 0 Å². The van der Waals surface area contributed by atoms with Gasteiger partial charge in [-0.25, -0.2) is 9.82 Å². The second-order valence-corrected chi connectivity index (χ2v) is 3.40. The first kappa shape index (κ1) is 10.4. The highest BCUT2D eigenvalue weighted by atomic mass is 16.6. The molecule has 82 valence electrons. The first-order chi connectivity index (χ1) is 7.40. The zero-order valence-electron chi connectivity index (χ0n) is 8.85. The number of hydrogen-bond donors (Lipinski definition) is 1. The van der Waals surface area contributed by atoms with Crippen LogP contribution in [0.4, 0.5) is 11.5 Å². The predicted molar refractivity (Wildman–Crippen MR) is 55.9 cm³/mol. The quantitative estimate of drug-likeness (QED) is 0.694. The van der Waals surface area contributed by atoms with Crippen LogP contribution in [0, 0.1) is 0 Å². The zero-order chi connectivity index (χ0) is 10.5. The number of aromatic nitrogens is 1. The average Bonchev–Trinajstić information content (AvgIpc) is 2.32. The monoisotopic (exact) mass is 210 g/mol. The van der Waals surface area contributed by atoms with Crippen molar-refractivity contribution >= 4 is 11.5 Å². The number of quaternary nitrogens is 1. The number of nitrogens with zero attached hydrogens (tertiary/aromatic N) is 2. The molecule has 0 spiro atoms.